The molecule has 0 aromatic rings. The van der Waals surface area contributed by atoms with Crippen molar-refractivity contribution in [2.75, 3.05) is 19.8 Å². The molecule has 0 aromatic heterocycles. The quantitative estimate of drug-likeness (QED) is 0.656. The van der Waals surface area contributed by atoms with Gasteiger partial charge in [-0.2, -0.15) is 0 Å². The van der Waals surface area contributed by atoms with Crippen LogP contribution in [0.25, 0.3) is 0 Å². The highest BCUT2D eigenvalue weighted by Crippen LogP contribution is 2.20. The molecule has 0 fully saturated rings. The second kappa shape index (κ2) is 4.04. The Balaban J connectivity index is 2.37. The van der Waals surface area contributed by atoms with Crippen molar-refractivity contribution in [1.82, 2.24) is 10.2 Å². The molecule has 0 atom stereocenters. The second-order valence-electron chi connectivity index (χ2n) is 2.35. The summed E-state index contributed by atoms with van der Waals surface area (Å²) in [5.41, 5.74) is 5.35. The Morgan fingerprint density at radius 1 is 1.55 bits per heavy atom. The van der Waals surface area contributed by atoms with Gasteiger partial charge in [0.25, 0.3) is 0 Å². The van der Waals surface area contributed by atoms with Gasteiger partial charge in [0.1, 0.15) is 10.3 Å². The molecular weight excluding hydrogens is 185 g/mol. The van der Waals surface area contributed by atoms with E-state index in [0.29, 0.717) is 23.5 Å². The molecule has 0 saturated carbocycles. The van der Waals surface area contributed by atoms with Gasteiger partial charge in [-0.25, -0.2) is 0 Å². The highest BCUT2D eigenvalue weighted by molar-refractivity contribution is 6.38. The molecule has 0 saturated heterocycles. The molecule has 1 aliphatic heterocycles. The van der Waals surface area contributed by atoms with E-state index >= 15 is 0 Å². The van der Waals surface area contributed by atoms with Crippen LogP contribution in [0, 0.1) is 0 Å². The van der Waals surface area contributed by atoms with Gasteiger partial charge in [0.15, 0.2) is 0 Å². The van der Waals surface area contributed by atoms with Crippen LogP contribution in [0.4, 0.5) is 0 Å². The fourth-order valence-electron chi connectivity index (χ4n) is 0.905. The van der Waals surface area contributed by atoms with Crippen molar-refractivity contribution in [3.63, 3.8) is 0 Å². The van der Waals surface area contributed by atoms with Crippen molar-refractivity contribution in [3.05, 3.63) is 10.3 Å². The molecular formula is C6H11Cl2N3. The van der Waals surface area contributed by atoms with Crippen molar-refractivity contribution in [3.8, 4) is 0 Å². The minimum absolute atomic E-state index is 0.531. The van der Waals surface area contributed by atoms with Gasteiger partial charge in [-0.3, -0.25) is 0 Å². The molecule has 0 spiro atoms. The van der Waals surface area contributed by atoms with Crippen molar-refractivity contribution >= 4 is 23.2 Å². The van der Waals surface area contributed by atoms with E-state index in [1.165, 1.54) is 0 Å². The Morgan fingerprint density at radius 3 is 2.73 bits per heavy atom. The van der Waals surface area contributed by atoms with E-state index in [9.17, 15) is 0 Å². The lowest BCUT2D eigenvalue weighted by molar-refractivity contribution is 0.377. The zero-order valence-corrected chi connectivity index (χ0v) is 7.62. The summed E-state index contributed by atoms with van der Waals surface area (Å²) in [6.07, 6.45) is 0.933. The topological polar surface area (TPSA) is 41.3 Å². The molecule has 0 unspecified atom stereocenters. The van der Waals surface area contributed by atoms with Crippen LogP contribution in [0.5, 0.6) is 0 Å². The Labute approximate surface area is 76.1 Å². The first-order valence-corrected chi connectivity index (χ1v) is 4.25. The normalized spacial score (nSPS) is 17.5. The molecule has 5 heteroatoms. The van der Waals surface area contributed by atoms with Crippen LogP contribution >= 0.6 is 23.2 Å². The molecule has 64 valence electrons. The van der Waals surface area contributed by atoms with Crippen molar-refractivity contribution in [1.29, 1.82) is 0 Å². The number of hydrogen-bond donors (Lipinski definition) is 2. The maximum atomic E-state index is 5.83. The lowest BCUT2D eigenvalue weighted by Gasteiger charge is -2.15. The van der Waals surface area contributed by atoms with Crippen LogP contribution in [0.2, 0.25) is 0 Å². The predicted octanol–water partition coefficient (Wildman–Crippen LogP) is 0.802. The Kier molecular flexibility index (Phi) is 3.30. The van der Waals surface area contributed by atoms with Crippen LogP contribution in [-0.4, -0.2) is 24.7 Å². The van der Waals surface area contributed by atoms with Crippen molar-refractivity contribution < 1.29 is 0 Å². The Bertz CT molecular complexity index is 169. The van der Waals surface area contributed by atoms with Crippen LogP contribution in [0.1, 0.15) is 6.42 Å². The number of rotatable bonds is 3. The SMILES string of the molecule is NCCCN1CNC(Cl)=C1Cl. The molecule has 3 N–H and O–H groups in total. The molecule has 0 amide bonds. The highest BCUT2D eigenvalue weighted by Gasteiger charge is 2.17. The summed E-state index contributed by atoms with van der Waals surface area (Å²) in [5, 5.41) is 4.05. The molecule has 1 rings (SSSR count). The van der Waals surface area contributed by atoms with Crippen LogP contribution < -0.4 is 11.1 Å². The molecule has 0 radical (unpaired) electrons. The summed E-state index contributed by atoms with van der Waals surface area (Å²) < 4.78 is 0. The van der Waals surface area contributed by atoms with Crippen LogP contribution in [-0.2, 0) is 0 Å². The van der Waals surface area contributed by atoms with Gasteiger partial charge in [0.2, 0.25) is 0 Å². The van der Waals surface area contributed by atoms with E-state index in [-0.39, 0.29) is 0 Å². The van der Waals surface area contributed by atoms with Gasteiger partial charge in [-0.05, 0) is 13.0 Å². The summed E-state index contributed by atoms with van der Waals surface area (Å²) in [5.74, 6) is 0. The first-order chi connectivity index (χ1) is 5.25. The van der Waals surface area contributed by atoms with Crippen molar-refractivity contribution in [2.45, 2.75) is 6.42 Å². The number of halogens is 2. The molecule has 3 nitrogen and oxygen atoms in total. The average molecular weight is 196 g/mol. The Hall–Kier alpha value is -0.120. The van der Waals surface area contributed by atoms with Gasteiger partial charge < -0.3 is 16.0 Å². The minimum Gasteiger partial charge on any atom is -0.356 e. The summed E-state index contributed by atoms with van der Waals surface area (Å²) in [7, 11) is 0. The number of hydrogen-bond acceptors (Lipinski definition) is 3. The van der Waals surface area contributed by atoms with Crippen LogP contribution in [0.3, 0.4) is 0 Å². The summed E-state index contributed by atoms with van der Waals surface area (Å²) in [4.78, 5) is 1.96. The fourth-order valence-corrected chi connectivity index (χ4v) is 1.30. The van der Waals surface area contributed by atoms with Gasteiger partial charge in [0.05, 0.1) is 6.67 Å². The van der Waals surface area contributed by atoms with E-state index in [0.717, 1.165) is 13.0 Å². The van der Waals surface area contributed by atoms with E-state index in [4.69, 9.17) is 28.9 Å². The first-order valence-electron chi connectivity index (χ1n) is 3.50. The zero-order chi connectivity index (χ0) is 8.27. The number of nitrogens with two attached hydrogens (primary N) is 1. The summed E-state index contributed by atoms with van der Waals surface area (Å²) >= 11 is 11.5. The molecule has 1 aliphatic rings. The number of nitrogens with one attached hydrogen (secondary N) is 1. The molecule has 0 aliphatic carbocycles. The van der Waals surface area contributed by atoms with Gasteiger partial charge in [0, 0.05) is 6.54 Å². The third kappa shape index (κ3) is 2.15. The lowest BCUT2D eigenvalue weighted by Crippen LogP contribution is -2.25. The van der Waals surface area contributed by atoms with E-state index in [1.54, 1.807) is 0 Å². The fraction of sp³-hybridized carbons (Fsp3) is 0.667. The molecule has 0 bridgehead atoms. The third-order valence-electron chi connectivity index (χ3n) is 1.52. The monoisotopic (exact) mass is 195 g/mol. The predicted molar refractivity (Wildman–Crippen MR) is 47.1 cm³/mol. The largest absolute Gasteiger partial charge is 0.356 e. The smallest absolute Gasteiger partial charge is 0.141 e. The summed E-state index contributed by atoms with van der Waals surface area (Å²) in [6, 6.07) is 0. The Morgan fingerprint density at radius 2 is 2.27 bits per heavy atom. The second-order valence-corrected chi connectivity index (χ2v) is 3.08. The van der Waals surface area contributed by atoms with Gasteiger partial charge >= 0.3 is 0 Å². The van der Waals surface area contributed by atoms with Crippen molar-refractivity contribution in [2.24, 2.45) is 5.73 Å². The maximum absolute atomic E-state index is 5.83. The molecule has 1 heterocycles. The first kappa shape index (κ1) is 8.97. The number of nitrogens with zero attached hydrogens (tertiary/aromatic N) is 1. The third-order valence-corrected chi connectivity index (χ3v) is 2.35. The summed E-state index contributed by atoms with van der Waals surface area (Å²) in [6.45, 7) is 2.23. The lowest BCUT2D eigenvalue weighted by atomic mass is 10.4. The molecule has 0 aromatic carbocycles. The van der Waals surface area contributed by atoms with Gasteiger partial charge in [-0.15, -0.1) is 0 Å². The van der Waals surface area contributed by atoms with E-state index < -0.39 is 0 Å². The van der Waals surface area contributed by atoms with Crippen LogP contribution in [0.15, 0.2) is 10.3 Å². The minimum atomic E-state index is 0.531. The van der Waals surface area contributed by atoms with E-state index in [1.807, 2.05) is 4.90 Å². The standard InChI is InChI=1S/C6H11Cl2N3/c7-5-6(8)11(4-10-5)3-1-2-9/h10H,1-4,9H2. The average Bonchev–Trinajstić information content (AvgIpc) is 2.31. The highest BCUT2D eigenvalue weighted by atomic mass is 35.5. The molecule has 11 heavy (non-hydrogen) atoms. The van der Waals surface area contributed by atoms with E-state index in [2.05, 4.69) is 5.32 Å². The maximum Gasteiger partial charge on any atom is 0.141 e. The van der Waals surface area contributed by atoms with Gasteiger partial charge in [-0.1, -0.05) is 23.2 Å². The zero-order valence-electron chi connectivity index (χ0n) is 6.11.